The molecule has 18 heavy (non-hydrogen) atoms. The fourth-order valence-corrected chi connectivity index (χ4v) is 3.35. The molecule has 0 unspecified atom stereocenters. The van der Waals surface area contributed by atoms with Crippen molar-refractivity contribution in [2.45, 2.75) is 71.8 Å². The largest absolute Gasteiger partial charge is 0.316 e. The second-order valence-corrected chi connectivity index (χ2v) is 6.19. The van der Waals surface area contributed by atoms with Crippen LogP contribution in [-0.4, -0.2) is 37.6 Å². The van der Waals surface area contributed by atoms with Crippen LogP contribution in [0.25, 0.3) is 0 Å². The lowest BCUT2D eigenvalue weighted by atomic mass is 9.80. The van der Waals surface area contributed by atoms with Crippen LogP contribution in [0.5, 0.6) is 0 Å². The van der Waals surface area contributed by atoms with Crippen LogP contribution in [-0.2, 0) is 0 Å². The van der Waals surface area contributed by atoms with Crippen molar-refractivity contribution in [2.24, 2.45) is 5.41 Å². The van der Waals surface area contributed by atoms with Crippen molar-refractivity contribution in [2.75, 3.05) is 26.7 Å². The maximum Gasteiger partial charge on any atom is 0.00924 e. The van der Waals surface area contributed by atoms with Gasteiger partial charge in [-0.1, -0.05) is 40.0 Å². The summed E-state index contributed by atoms with van der Waals surface area (Å²) in [6.45, 7) is 10.5. The van der Waals surface area contributed by atoms with Gasteiger partial charge >= 0.3 is 0 Å². The van der Waals surface area contributed by atoms with E-state index in [0.29, 0.717) is 5.41 Å². The molecule has 0 heterocycles. The molecule has 1 fully saturated rings. The lowest BCUT2D eigenvalue weighted by Gasteiger charge is -2.40. The standard InChI is InChI=1S/C16H34N2/c1-5-16(6-2,13-17-7-3)14-18(4)15-11-9-8-10-12-15/h15,17H,5-14H2,1-4H3. The summed E-state index contributed by atoms with van der Waals surface area (Å²) in [5, 5.41) is 3.57. The molecule has 1 aliphatic rings. The molecule has 0 spiro atoms. The van der Waals surface area contributed by atoms with Gasteiger partial charge in [-0.15, -0.1) is 0 Å². The molecule has 0 aromatic rings. The fraction of sp³-hybridized carbons (Fsp3) is 1.00. The molecule has 2 nitrogen and oxygen atoms in total. The van der Waals surface area contributed by atoms with E-state index in [0.717, 1.165) is 12.6 Å². The Bertz CT molecular complexity index is 205. The molecule has 1 aliphatic carbocycles. The minimum absolute atomic E-state index is 0.474. The van der Waals surface area contributed by atoms with Gasteiger partial charge in [0.05, 0.1) is 0 Å². The zero-order valence-electron chi connectivity index (χ0n) is 13.1. The van der Waals surface area contributed by atoms with Crippen LogP contribution in [0.3, 0.4) is 0 Å². The maximum atomic E-state index is 3.57. The van der Waals surface area contributed by atoms with Crippen molar-refractivity contribution >= 4 is 0 Å². The van der Waals surface area contributed by atoms with Gasteiger partial charge in [0.1, 0.15) is 0 Å². The van der Waals surface area contributed by atoms with Crippen molar-refractivity contribution in [3.8, 4) is 0 Å². The third-order valence-electron chi connectivity index (χ3n) is 5.03. The number of hydrogen-bond acceptors (Lipinski definition) is 2. The smallest absolute Gasteiger partial charge is 0.00924 e. The van der Waals surface area contributed by atoms with Crippen LogP contribution in [0.15, 0.2) is 0 Å². The van der Waals surface area contributed by atoms with Crippen molar-refractivity contribution in [1.82, 2.24) is 10.2 Å². The molecule has 1 N–H and O–H groups in total. The molecule has 0 aromatic heterocycles. The average Bonchev–Trinajstić information content (AvgIpc) is 2.44. The molecule has 0 aliphatic heterocycles. The first-order chi connectivity index (χ1) is 8.67. The summed E-state index contributed by atoms with van der Waals surface area (Å²) < 4.78 is 0. The van der Waals surface area contributed by atoms with Gasteiger partial charge in [-0.05, 0) is 44.7 Å². The Morgan fingerprint density at radius 1 is 1.06 bits per heavy atom. The lowest BCUT2D eigenvalue weighted by molar-refractivity contribution is 0.103. The van der Waals surface area contributed by atoms with Gasteiger partial charge in [0.2, 0.25) is 0 Å². The summed E-state index contributed by atoms with van der Waals surface area (Å²) in [5.41, 5.74) is 0.474. The van der Waals surface area contributed by atoms with Crippen molar-refractivity contribution in [3.63, 3.8) is 0 Å². The van der Waals surface area contributed by atoms with Crippen molar-refractivity contribution in [3.05, 3.63) is 0 Å². The normalized spacial score (nSPS) is 18.5. The second-order valence-electron chi connectivity index (χ2n) is 6.19. The molecular formula is C16H34N2. The van der Waals surface area contributed by atoms with Gasteiger partial charge < -0.3 is 10.2 Å². The maximum absolute atomic E-state index is 3.57. The Kier molecular flexibility index (Phi) is 7.25. The first-order valence-corrected chi connectivity index (χ1v) is 8.08. The van der Waals surface area contributed by atoms with E-state index in [2.05, 4.69) is 38.0 Å². The molecule has 0 bridgehead atoms. The Morgan fingerprint density at radius 2 is 1.67 bits per heavy atom. The van der Waals surface area contributed by atoms with E-state index in [4.69, 9.17) is 0 Å². The van der Waals surface area contributed by atoms with E-state index >= 15 is 0 Å². The topological polar surface area (TPSA) is 15.3 Å². The Balaban J connectivity index is 2.52. The summed E-state index contributed by atoms with van der Waals surface area (Å²) in [4.78, 5) is 2.66. The van der Waals surface area contributed by atoms with E-state index in [1.54, 1.807) is 0 Å². The highest BCUT2D eigenvalue weighted by Gasteiger charge is 2.30. The molecule has 0 saturated heterocycles. The number of nitrogens with zero attached hydrogens (tertiary/aromatic N) is 1. The second kappa shape index (κ2) is 8.16. The van der Waals surface area contributed by atoms with Crippen LogP contribution in [0.4, 0.5) is 0 Å². The Hall–Kier alpha value is -0.0800. The van der Waals surface area contributed by atoms with Crippen LogP contribution >= 0.6 is 0 Å². The summed E-state index contributed by atoms with van der Waals surface area (Å²) >= 11 is 0. The highest BCUT2D eigenvalue weighted by Crippen LogP contribution is 2.30. The minimum Gasteiger partial charge on any atom is -0.316 e. The minimum atomic E-state index is 0.474. The van der Waals surface area contributed by atoms with Gasteiger partial charge in [-0.25, -0.2) is 0 Å². The van der Waals surface area contributed by atoms with Crippen LogP contribution in [0, 0.1) is 5.41 Å². The van der Waals surface area contributed by atoms with E-state index < -0.39 is 0 Å². The molecule has 0 radical (unpaired) electrons. The monoisotopic (exact) mass is 254 g/mol. The van der Waals surface area contributed by atoms with Gasteiger partial charge in [-0.2, -0.15) is 0 Å². The summed E-state index contributed by atoms with van der Waals surface area (Å²) in [5.74, 6) is 0. The predicted octanol–water partition coefficient (Wildman–Crippen LogP) is 3.67. The molecule has 1 saturated carbocycles. The number of hydrogen-bond donors (Lipinski definition) is 1. The Labute approximate surface area is 115 Å². The first kappa shape index (κ1) is 16.0. The first-order valence-electron chi connectivity index (χ1n) is 8.08. The summed E-state index contributed by atoms with van der Waals surface area (Å²) in [7, 11) is 2.35. The zero-order valence-corrected chi connectivity index (χ0v) is 13.1. The van der Waals surface area contributed by atoms with Crippen LogP contribution in [0.2, 0.25) is 0 Å². The van der Waals surface area contributed by atoms with Crippen LogP contribution in [0.1, 0.15) is 65.7 Å². The molecule has 0 amide bonds. The SMILES string of the molecule is CCNCC(CC)(CC)CN(C)C1CCCCC1. The molecule has 0 aromatic carbocycles. The molecule has 0 atom stereocenters. The molecule has 108 valence electrons. The van der Waals surface area contributed by atoms with Crippen molar-refractivity contribution < 1.29 is 0 Å². The highest BCUT2D eigenvalue weighted by atomic mass is 15.1. The van der Waals surface area contributed by atoms with Gasteiger partial charge in [0.25, 0.3) is 0 Å². The van der Waals surface area contributed by atoms with Crippen molar-refractivity contribution in [1.29, 1.82) is 0 Å². The van der Waals surface area contributed by atoms with E-state index in [1.165, 1.54) is 58.0 Å². The molecule has 2 heteroatoms. The van der Waals surface area contributed by atoms with E-state index in [-0.39, 0.29) is 0 Å². The average molecular weight is 254 g/mol. The number of rotatable bonds is 8. The molecular weight excluding hydrogens is 220 g/mol. The molecule has 1 rings (SSSR count). The highest BCUT2D eigenvalue weighted by molar-refractivity contribution is 4.85. The van der Waals surface area contributed by atoms with E-state index in [9.17, 15) is 0 Å². The summed E-state index contributed by atoms with van der Waals surface area (Å²) in [6, 6.07) is 0.845. The number of nitrogens with one attached hydrogen (secondary N) is 1. The van der Waals surface area contributed by atoms with Gasteiger partial charge in [-0.3, -0.25) is 0 Å². The van der Waals surface area contributed by atoms with Gasteiger partial charge in [0, 0.05) is 19.1 Å². The Morgan fingerprint density at radius 3 is 2.17 bits per heavy atom. The zero-order chi connectivity index (χ0) is 13.4. The lowest BCUT2D eigenvalue weighted by Crippen LogP contribution is -2.46. The third-order valence-corrected chi connectivity index (χ3v) is 5.03. The predicted molar refractivity (Wildman–Crippen MR) is 81.1 cm³/mol. The van der Waals surface area contributed by atoms with Crippen LogP contribution < -0.4 is 5.32 Å². The van der Waals surface area contributed by atoms with Gasteiger partial charge in [0.15, 0.2) is 0 Å². The fourth-order valence-electron chi connectivity index (χ4n) is 3.35. The third kappa shape index (κ3) is 4.55. The summed E-state index contributed by atoms with van der Waals surface area (Å²) in [6.07, 6.45) is 9.74. The van der Waals surface area contributed by atoms with E-state index in [1.807, 2.05) is 0 Å². The quantitative estimate of drug-likeness (QED) is 0.711.